The lowest BCUT2D eigenvalue weighted by Crippen LogP contribution is -2.21. The summed E-state index contributed by atoms with van der Waals surface area (Å²) in [5.41, 5.74) is 5.92. The Hall–Kier alpha value is -3.01. The van der Waals surface area contributed by atoms with Crippen molar-refractivity contribution in [2.45, 2.75) is 40.0 Å². The normalized spacial score (nSPS) is 15.8. The van der Waals surface area contributed by atoms with E-state index in [0.29, 0.717) is 17.0 Å². The molecule has 2 aromatic carbocycles. The van der Waals surface area contributed by atoms with E-state index in [1.165, 1.54) is 0 Å². The summed E-state index contributed by atoms with van der Waals surface area (Å²) in [5, 5.41) is 0.796. The highest BCUT2D eigenvalue weighted by molar-refractivity contribution is 6.06. The fourth-order valence-corrected chi connectivity index (χ4v) is 4.20. The van der Waals surface area contributed by atoms with Crippen LogP contribution < -0.4 is 0 Å². The van der Waals surface area contributed by atoms with Crippen LogP contribution >= 0.6 is 0 Å². The zero-order valence-electron chi connectivity index (χ0n) is 17.1. The Morgan fingerprint density at radius 3 is 2.72 bits per heavy atom. The molecule has 1 atom stereocenters. The van der Waals surface area contributed by atoms with Crippen molar-refractivity contribution >= 4 is 22.7 Å². The van der Waals surface area contributed by atoms with Crippen molar-refractivity contribution in [2.24, 2.45) is 5.92 Å². The predicted molar refractivity (Wildman–Crippen MR) is 113 cm³/mol. The van der Waals surface area contributed by atoms with Crippen molar-refractivity contribution in [3.05, 3.63) is 76.0 Å². The highest BCUT2D eigenvalue weighted by Crippen LogP contribution is 2.31. The molecule has 0 aliphatic heterocycles. The van der Waals surface area contributed by atoms with Crippen LogP contribution in [0.4, 0.5) is 0 Å². The summed E-state index contributed by atoms with van der Waals surface area (Å²) >= 11 is 0. The maximum atomic E-state index is 13.1. The quantitative estimate of drug-likeness (QED) is 0.466. The van der Waals surface area contributed by atoms with Crippen molar-refractivity contribution in [3.63, 3.8) is 0 Å². The van der Waals surface area contributed by atoms with Gasteiger partial charge in [-0.05, 0) is 56.2 Å². The van der Waals surface area contributed by atoms with E-state index in [0.717, 1.165) is 52.5 Å². The van der Waals surface area contributed by atoms with Gasteiger partial charge in [0, 0.05) is 16.6 Å². The molecule has 3 aromatic rings. The highest BCUT2D eigenvalue weighted by atomic mass is 16.5. The van der Waals surface area contributed by atoms with Crippen LogP contribution in [0.2, 0.25) is 0 Å². The summed E-state index contributed by atoms with van der Waals surface area (Å²) in [6.45, 7) is 5.83. The van der Waals surface area contributed by atoms with Crippen molar-refractivity contribution in [3.8, 4) is 0 Å². The first kappa shape index (κ1) is 19.3. The van der Waals surface area contributed by atoms with Crippen LogP contribution in [0.15, 0.2) is 42.5 Å². The number of aromatic nitrogens is 1. The molecule has 4 heteroatoms. The number of ether oxygens (including phenoxy) is 1. The van der Waals surface area contributed by atoms with Gasteiger partial charge in [-0.3, -0.25) is 9.78 Å². The SMILES string of the molecule is Cc1ccc(C(=O)COC(=O)c2c3c(nc4ccccc24)CC(C)CC3)c(C)c1. The molecule has 0 spiro atoms. The molecule has 0 bridgehead atoms. The Morgan fingerprint density at radius 2 is 1.93 bits per heavy atom. The van der Waals surface area contributed by atoms with E-state index in [9.17, 15) is 9.59 Å². The van der Waals surface area contributed by atoms with Gasteiger partial charge < -0.3 is 4.74 Å². The molecule has 1 aliphatic rings. The zero-order valence-corrected chi connectivity index (χ0v) is 17.1. The van der Waals surface area contributed by atoms with Crippen molar-refractivity contribution in [2.75, 3.05) is 6.61 Å². The molecular formula is C25H25NO3. The summed E-state index contributed by atoms with van der Waals surface area (Å²) in [6, 6.07) is 13.3. The third-order valence-corrected chi connectivity index (χ3v) is 5.73. The average molecular weight is 387 g/mol. The summed E-state index contributed by atoms with van der Waals surface area (Å²) < 4.78 is 5.51. The lowest BCUT2D eigenvalue weighted by atomic mass is 9.84. The lowest BCUT2D eigenvalue weighted by Gasteiger charge is -2.23. The van der Waals surface area contributed by atoms with Gasteiger partial charge in [-0.1, -0.05) is 48.9 Å². The number of esters is 1. The third kappa shape index (κ3) is 3.80. The van der Waals surface area contributed by atoms with Gasteiger partial charge in [0.15, 0.2) is 6.61 Å². The van der Waals surface area contributed by atoms with Gasteiger partial charge in [0.25, 0.3) is 0 Å². The van der Waals surface area contributed by atoms with Crippen LogP contribution in [0.3, 0.4) is 0 Å². The Labute approximate surface area is 170 Å². The number of fused-ring (bicyclic) bond motifs is 2. The molecule has 0 N–H and O–H groups in total. The Balaban J connectivity index is 1.64. The molecule has 1 unspecified atom stereocenters. The van der Waals surface area contributed by atoms with Gasteiger partial charge in [-0.15, -0.1) is 0 Å². The molecule has 0 radical (unpaired) electrons. The molecule has 0 fully saturated rings. The van der Waals surface area contributed by atoms with Crippen molar-refractivity contribution in [1.82, 2.24) is 4.98 Å². The van der Waals surface area contributed by atoms with E-state index in [1.54, 1.807) is 6.07 Å². The van der Waals surface area contributed by atoms with Crippen LogP contribution in [0.1, 0.15) is 56.4 Å². The van der Waals surface area contributed by atoms with Gasteiger partial charge >= 0.3 is 5.97 Å². The zero-order chi connectivity index (χ0) is 20.5. The number of carbonyl (C=O) groups excluding carboxylic acids is 2. The molecule has 1 heterocycles. The van der Waals surface area contributed by atoms with E-state index in [2.05, 4.69) is 6.92 Å². The van der Waals surface area contributed by atoms with Crippen molar-refractivity contribution < 1.29 is 14.3 Å². The topological polar surface area (TPSA) is 56.3 Å². The van der Waals surface area contributed by atoms with E-state index < -0.39 is 5.97 Å². The first-order valence-electron chi connectivity index (χ1n) is 10.1. The Kier molecular flexibility index (Phi) is 5.18. The van der Waals surface area contributed by atoms with Crippen LogP contribution in [0, 0.1) is 19.8 Å². The summed E-state index contributed by atoms with van der Waals surface area (Å²) in [7, 11) is 0. The fraction of sp³-hybridized carbons (Fsp3) is 0.320. The number of hydrogen-bond acceptors (Lipinski definition) is 4. The number of carbonyl (C=O) groups is 2. The molecule has 1 aromatic heterocycles. The van der Waals surface area contributed by atoms with Gasteiger partial charge in [0.2, 0.25) is 5.78 Å². The second-order valence-corrected chi connectivity index (χ2v) is 8.09. The second-order valence-electron chi connectivity index (χ2n) is 8.09. The summed E-state index contributed by atoms with van der Waals surface area (Å²) in [6.07, 6.45) is 2.69. The fourth-order valence-electron chi connectivity index (χ4n) is 4.20. The minimum Gasteiger partial charge on any atom is -0.454 e. The van der Waals surface area contributed by atoms with Crippen LogP contribution in [-0.4, -0.2) is 23.3 Å². The lowest BCUT2D eigenvalue weighted by molar-refractivity contribution is 0.0475. The number of rotatable bonds is 4. The van der Waals surface area contributed by atoms with Gasteiger partial charge in [0.1, 0.15) is 0 Å². The van der Waals surface area contributed by atoms with Crippen LogP contribution in [0.25, 0.3) is 10.9 Å². The highest BCUT2D eigenvalue weighted by Gasteiger charge is 2.26. The Morgan fingerprint density at radius 1 is 1.14 bits per heavy atom. The number of ketones is 1. The number of nitrogens with zero attached hydrogens (tertiary/aromatic N) is 1. The number of para-hydroxylation sites is 1. The summed E-state index contributed by atoms with van der Waals surface area (Å²) in [5.74, 6) is -0.0738. The smallest absolute Gasteiger partial charge is 0.339 e. The Bertz CT molecular complexity index is 1120. The molecule has 4 nitrogen and oxygen atoms in total. The number of benzene rings is 2. The van der Waals surface area contributed by atoms with Crippen LogP contribution in [0.5, 0.6) is 0 Å². The molecule has 148 valence electrons. The van der Waals surface area contributed by atoms with E-state index in [4.69, 9.17) is 9.72 Å². The van der Waals surface area contributed by atoms with Crippen molar-refractivity contribution in [1.29, 1.82) is 0 Å². The first-order valence-corrected chi connectivity index (χ1v) is 10.1. The maximum absolute atomic E-state index is 13.1. The van der Waals surface area contributed by atoms with E-state index in [-0.39, 0.29) is 12.4 Å². The van der Waals surface area contributed by atoms with Gasteiger partial charge in [-0.2, -0.15) is 0 Å². The monoisotopic (exact) mass is 387 g/mol. The number of aryl methyl sites for hydroxylation is 2. The number of Topliss-reactive ketones (excluding diaryl/α,β-unsaturated/α-hetero) is 1. The number of pyridine rings is 1. The third-order valence-electron chi connectivity index (χ3n) is 5.73. The largest absolute Gasteiger partial charge is 0.454 e. The van der Waals surface area contributed by atoms with E-state index in [1.807, 2.05) is 50.2 Å². The molecular weight excluding hydrogens is 362 g/mol. The van der Waals surface area contributed by atoms with Gasteiger partial charge in [-0.25, -0.2) is 4.79 Å². The summed E-state index contributed by atoms with van der Waals surface area (Å²) in [4.78, 5) is 30.5. The molecule has 1 aliphatic carbocycles. The molecule has 0 saturated carbocycles. The molecule has 29 heavy (non-hydrogen) atoms. The number of hydrogen-bond donors (Lipinski definition) is 0. The maximum Gasteiger partial charge on any atom is 0.339 e. The van der Waals surface area contributed by atoms with Crippen LogP contribution in [-0.2, 0) is 17.6 Å². The average Bonchev–Trinajstić information content (AvgIpc) is 2.69. The predicted octanol–water partition coefficient (Wildman–Crippen LogP) is 5.02. The second kappa shape index (κ2) is 7.78. The molecule has 4 rings (SSSR count). The van der Waals surface area contributed by atoms with E-state index >= 15 is 0 Å². The molecule has 0 amide bonds. The minimum absolute atomic E-state index is 0.184. The molecule has 0 saturated heterocycles. The van der Waals surface area contributed by atoms with Gasteiger partial charge in [0.05, 0.1) is 11.1 Å². The standard InChI is InChI=1S/C25H25NO3/c1-15-8-10-18(17(3)12-15)23(27)14-29-25(28)24-19-6-4-5-7-21(19)26-22-13-16(2)9-11-20(22)24/h4-8,10,12,16H,9,11,13-14H2,1-3H3. The minimum atomic E-state index is -0.437. The first-order chi connectivity index (χ1) is 13.9.